The minimum atomic E-state index is -2.80. The monoisotopic (exact) mass is 467 g/mol. The van der Waals surface area contributed by atoms with Crippen molar-refractivity contribution < 1.29 is 18.7 Å². The van der Waals surface area contributed by atoms with Crippen LogP contribution in [0.3, 0.4) is 0 Å². The Balaban J connectivity index is 1.73. The van der Waals surface area contributed by atoms with Gasteiger partial charge in [0.2, 0.25) is 0 Å². The molecule has 2 aromatic heterocycles. The number of nitrogens with two attached hydrogens (primary N) is 1. The normalized spacial score (nSPS) is 29.0. The lowest BCUT2D eigenvalue weighted by atomic mass is 10.1. The Kier molecular flexibility index (Phi) is 5.38. The van der Waals surface area contributed by atoms with E-state index < -0.39 is 33.1 Å². The maximum atomic E-state index is 12.8. The van der Waals surface area contributed by atoms with Crippen LogP contribution in [0.25, 0.3) is 10.3 Å². The summed E-state index contributed by atoms with van der Waals surface area (Å²) in [6, 6.07) is 0. The van der Waals surface area contributed by atoms with E-state index in [2.05, 4.69) is 56.5 Å². The van der Waals surface area contributed by atoms with Crippen molar-refractivity contribution in [1.82, 2.24) is 14.5 Å². The van der Waals surface area contributed by atoms with Crippen molar-refractivity contribution in [3.05, 3.63) is 15.9 Å². The van der Waals surface area contributed by atoms with Gasteiger partial charge in [0.05, 0.1) is 23.8 Å². The number of aliphatic imine (C=N–C) groups is 1. The molecule has 0 saturated carbocycles. The molecule has 2 aliphatic heterocycles. The first-order chi connectivity index (χ1) is 14.4. The molecule has 2 saturated heterocycles. The number of nitrogens with zero attached hydrogens (tertiary/aromatic N) is 4. The second-order valence-electron chi connectivity index (χ2n) is 9.94. The number of aliphatic hydroxyl groups is 1. The molecule has 4 atom stereocenters. The Morgan fingerprint density at radius 2 is 2.00 bits per heavy atom. The van der Waals surface area contributed by atoms with Crippen LogP contribution in [0.5, 0.6) is 0 Å². The Morgan fingerprint density at radius 3 is 2.61 bits per heavy atom. The molecule has 3 N–H and O–H groups in total. The fraction of sp³-hybridized carbons (Fsp3) is 0.684. The minimum Gasteiger partial charge on any atom is -0.391 e. The lowest BCUT2D eigenvalue weighted by molar-refractivity contribution is -0.0798. The van der Waals surface area contributed by atoms with Crippen LogP contribution in [0.2, 0.25) is 10.1 Å². The fourth-order valence-electron chi connectivity index (χ4n) is 4.73. The van der Waals surface area contributed by atoms with E-state index in [4.69, 9.17) is 19.3 Å². The lowest BCUT2D eigenvalue weighted by Gasteiger charge is -2.53. The number of aromatic nitrogens is 3. The summed E-state index contributed by atoms with van der Waals surface area (Å²) in [7, 11) is -2.80. The van der Waals surface area contributed by atoms with Crippen LogP contribution in [0.15, 0.2) is 16.0 Å². The molecule has 0 unspecified atom stereocenters. The van der Waals surface area contributed by atoms with Gasteiger partial charge in [0, 0.05) is 10.1 Å². The third-order valence-corrected chi connectivity index (χ3v) is 11.8. The maximum Gasteiger partial charge on any atom is 0.349 e. The van der Waals surface area contributed by atoms with Crippen molar-refractivity contribution >= 4 is 42.5 Å². The molecule has 2 aromatic rings. The molecule has 31 heavy (non-hydrogen) atoms. The topological polar surface area (TPSA) is 134 Å². The van der Waals surface area contributed by atoms with Crippen molar-refractivity contribution in [3.8, 4) is 0 Å². The number of fused-ring (bicyclic) bond motifs is 2. The smallest absolute Gasteiger partial charge is 0.349 e. The number of ether oxygens (including phenoxy) is 1. The molecule has 2 aliphatic rings. The van der Waals surface area contributed by atoms with Crippen molar-refractivity contribution in [2.45, 2.75) is 76.2 Å². The van der Waals surface area contributed by atoms with E-state index in [-0.39, 0.29) is 20.9 Å². The van der Waals surface area contributed by atoms with Gasteiger partial charge in [0.25, 0.3) is 5.95 Å². The lowest BCUT2D eigenvalue weighted by Crippen LogP contribution is -2.65. The van der Waals surface area contributed by atoms with Gasteiger partial charge in [0.1, 0.15) is 18.3 Å². The molecule has 12 heteroatoms. The highest BCUT2D eigenvalue weighted by Crippen LogP contribution is 2.55. The highest BCUT2D eigenvalue weighted by molar-refractivity contribution is 7.16. The van der Waals surface area contributed by atoms with Crippen molar-refractivity contribution in [1.29, 1.82) is 0 Å². The van der Waals surface area contributed by atoms with Crippen LogP contribution < -0.4 is 10.6 Å². The van der Waals surface area contributed by atoms with Gasteiger partial charge in [-0.25, -0.2) is 9.98 Å². The van der Waals surface area contributed by atoms with Crippen LogP contribution in [-0.2, 0) is 13.6 Å². The predicted octanol–water partition coefficient (Wildman–Crippen LogP) is 2.19. The molecular weight excluding hydrogens is 438 g/mol. The molecule has 0 aromatic carbocycles. The Bertz CT molecular complexity index is 1060. The van der Waals surface area contributed by atoms with E-state index in [0.717, 1.165) is 17.7 Å². The number of hydrogen-bond donors (Lipinski definition) is 2. The van der Waals surface area contributed by atoms with Gasteiger partial charge in [-0.05, 0) is 0 Å². The molecular formula is C19H29N5O5SSi. The standard InChI is InChI=1S/C19H29N5O5SSi/c1-18(2,3)31(19(4,5)6)27-8-10-13(29-31)12(25)15(28-10)24-14-11(30-17(24)26)7-21-16(23-14)22-9-20/h7,9-10,12-13,15,25H,8H2,1-6H3,(H2,20,21,22,23)/t10-,12-,13+,15-/m1/s1. The summed E-state index contributed by atoms with van der Waals surface area (Å²) in [5, 5.41) is 10.8. The third kappa shape index (κ3) is 3.45. The zero-order chi connectivity index (χ0) is 22.8. The Labute approximate surface area is 185 Å². The Morgan fingerprint density at radius 1 is 1.32 bits per heavy atom. The SMILES string of the molecule is CC(C)(C)[Si]1(C(C)(C)C)OC[C@H]2O[C@@H](n3c(=O)sc4cnc(/N=C\N)nc43)[C@H](O)[C@H]2O1. The van der Waals surface area contributed by atoms with E-state index in [0.29, 0.717) is 17.0 Å². The van der Waals surface area contributed by atoms with Gasteiger partial charge in [-0.1, -0.05) is 52.9 Å². The summed E-state index contributed by atoms with van der Waals surface area (Å²) in [6.45, 7) is 13.0. The van der Waals surface area contributed by atoms with Gasteiger partial charge < -0.3 is 24.4 Å². The summed E-state index contributed by atoms with van der Waals surface area (Å²) in [6.07, 6.45) is -0.505. The fourth-order valence-corrected chi connectivity index (χ4v) is 10.5. The largest absolute Gasteiger partial charge is 0.391 e. The van der Waals surface area contributed by atoms with Crippen LogP contribution >= 0.6 is 11.3 Å². The Hall–Kier alpha value is -1.70. The second-order valence-corrected chi connectivity index (χ2v) is 15.7. The average molecular weight is 468 g/mol. The molecule has 0 radical (unpaired) electrons. The van der Waals surface area contributed by atoms with Gasteiger partial charge in [-0.2, -0.15) is 4.98 Å². The quantitative estimate of drug-likeness (QED) is 0.390. The summed E-state index contributed by atoms with van der Waals surface area (Å²) in [5.74, 6) is 0.123. The van der Waals surface area contributed by atoms with Crippen LogP contribution in [-0.4, -0.2) is 59.5 Å². The van der Waals surface area contributed by atoms with Gasteiger partial charge in [-0.3, -0.25) is 9.36 Å². The number of rotatable bonds is 2. The average Bonchev–Trinajstić information content (AvgIpc) is 3.15. The first-order valence-corrected chi connectivity index (χ1v) is 12.8. The molecule has 170 valence electrons. The first kappa shape index (κ1) is 22.5. The molecule has 4 heterocycles. The van der Waals surface area contributed by atoms with E-state index in [9.17, 15) is 9.90 Å². The number of aliphatic hydroxyl groups excluding tert-OH is 1. The van der Waals surface area contributed by atoms with Crippen molar-refractivity contribution in [2.75, 3.05) is 6.61 Å². The number of hydrogen-bond acceptors (Lipinski definition) is 9. The summed E-state index contributed by atoms with van der Waals surface area (Å²) in [4.78, 5) is 24.7. The molecule has 4 rings (SSSR count). The number of thiazole rings is 1. The molecule has 2 fully saturated rings. The second kappa shape index (κ2) is 7.42. The molecule has 0 bridgehead atoms. The molecule has 10 nitrogen and oxygen atoms in total. The first-order valence-electron chi connectivity index (χ1n) is 10.2. The van der Waals surface area contributed by atoms with Gasteiger partial charge in [0.15, 0.2) is 11.9 Å². The van der Waals surface area contributed by atoms with Crippen molar-refractivity contribution in [3.63, 3.8) is 0 Å². The molecule has 0 amide bonds. The van der Waals surface area contributed by atoms with Gasteiger partial charge in [-0.15, -0.1) is 0 Å². The maximum absolute atomic E-state index is 12.8. The van der Waals surface area contributed by atoms with E-state index in [1.807, 2.05) is 0 Å². The third-order valence-electron chi connectivity index (χ3n) is 5.83. The summed E-state index contributed by atoms with van der Waals surface area (Å²) >= 11 is 0.981. The predicted molar refractivity (Wildman–Crippen MR) is 120 cm³/mol. The van der Waals surface area contributed by atoms with Crippen LogP contribution in [0.4, 0.5) is 5.95 Å². The summed E-state index contributed by atoms with van der Waals surface area (Å²) in [5.41, 5.74) is 5.68. The van der Waals surface area contributed by atoms with Crippen LogP contribution in [0.1, 0.15) is 47.8 Å². The highest BCUT2D eigenvalue weighted by Gasteiger charge is 2.65. The summed E-state index contributed by atoms with van der Waals surface area (Å²) < 4.78 is 21.1. The minimum absolute atomic E-state index is 0.123. The van der Waals surface area contributed by atoms with Gasteiger partial charge >= 0.3 is 13.4 Å². The van der Waals surface area contributed by atoms with E-state index >= 15 is 0 Å². The van der Waals surface area contributed by atoms with E-state index in [1.165, 1.54) is 10.8 Å². The van der Waals surface area contributed by atoms with E-state index in [1.54, 1.807) is 0 Å². The van der Waals surface area contributed by atoms with Crippen molar-refractivity contribution in [2.24, 2.45) is 10.7 Å². The zero-order valence-electron chi connectivity index (χ0n) is 18.5. The molecule has 0 spiro atoms. The zero-order valence-corrected chi connectivity index (χ0v) is 20.3. The van der Waals surface area contributed by atoms with Crippen LogP contribution in [0, 0.1) is 0 Å². The molecule has 0 aliphatic carbocycles. The highest BCUT2D eigenvalue weighted by atomic mass is 32.1.